The predicted molar refractivity (Wildman–Crippen MR) is 75.2 cm³/mol. The minimum absolute atomic E-state index is 0.0934. The van der Waals surface area contributed by atoms with E-state index < -0.39 is 0 Å². The molecule has 0 radical (unpaired) electrons. The average Bonchev–Trinajstić information content (AvgIpc) is 2.35. The van der Waals surface area contributed by atoms with Gasteiger partial charge in [-0.05, 0) is 17.7 Å². The SMILES string of the molecule is Nc1cccc(CC(=O)Nc2ncnc(Cl)c2Cl)c1. The third-order valence-electron chi connectivity index (χ3n) is 2.32. The van der Waals surface area contributed by atoms with Crippen molar-refractivity contribution in [1.82, 2.24) is 9.97 Å². The van der Waals surface area contributed by atoms with Gasteiger partial charge in [0, 0.05) is 5.69 Å². The molecule has 1 aromatic carbocycles. The summed E-state index contributed by atoms with van der Waals surface area (Å²) in [5, 5.41) is 2.78. The first kappa shape index (κ1) is 13.6. The molecule has 5 nitrogen and oxygen atoms in total. The van der Waals surface area contributed by atoms with Gasteiger partial charge in [0.2, 0.25) is 5.91 Å². The summed E-state index contributed by atoms with van der Waals surface area (Å²) >= 11 is 11.6. The lowest BCUT2D eigenvalue weighted by Crippen LogP contribution is -2.16. The fourth-order valence-electron chi connectivity index (χ4n) is 1.50. The lowest BCUT2D eigenvalue weighted by Gasteiger charge is -2.06. The van der Waals surface area contributed by atoms with Crippen molar-refractivity contribution >= 4 is 40.6 Å². The molecule has 0 unspecified atom stereocenters. The summed E-state index contributed by atoms with van der Waals surface area (Å²) < 4.78 is 0. The van der Waals surface area contributed by atoms with Crippen LogP contribution in [0.4, 0.5) is 11.5 Å². The first-order valence-electron chi connectivity index (χ1n) is 5.36. The van der Waals surface area contributed by atoms with E-state index in [0.29, 0.717) is 5.69 Å². The monoisotopic (exact) mass is 296 g/mol. The lowest BCUT2D eigenvalue weighted by molar-refractivity contribution is -0.115. The first-order valence-corrected chi connectivity index (χ1v) is 6.12. The maximum atomic E-state index is 11.8. The Morgan fingerprint density at radius 1 is 1.32 bits per heavy atom. The molecule has 0 saturated heterocycles. The van der Waals surface area contributed by atoms with Crippen molar-refractivity contribution in [2.24, 2.45) is 0 Å². The Morgan fingerprint density at radius 2 is 2.11 bits per heavy atom. The van der Waals surface area contributed by atoms with Gasteiger partial charge < -0.3 is 11.1 Å². The molecule has 19 heavy (non-hydrogen) atoms. The number of carbonyl (C=O) groups excluding carboxylic acids is 1. The van der Waals surface area contributed by atoms with Gasteiger partial charge in [-0.25, -0.2) is 9.97 Å². The summed E-state index contributed by atoms with van der Waals surface area (Å²) in [4.78, 5) is 19.4. The van der Waals surface area contributed by atoms with Crippen LogP contribution >= 0.6 is 23.2 Å². The van der Waals surface area contributed by atoms with Crippen LogP contribution in [0, 0.1) is 0 Å². The van der Waals surface area contributed by atoms with Gasteiger partial charge >= 0.3 is 0 Å². The third-order valence-corrected chi connectivity index (χ3v) is 3.06. The van der Waals surface area contributed by atoms with E-state index >= 15 is 0 Å². The highest BCUT2D eigenvalue weighted by molar-refractivity contribution is 6.42. The molecule has 0 aliphatic heterocycles. The Kier molecular flexibility index (Phi) is 4.19. The van der Waals surface area contributed by atoms with Gasteiger partial charge in [0.15, 0.2) is 11.0 Å². The Bertz CT molecular complexity index is 618. The molecule has 0 aliphatic rings. The quantitative estimate of drug-likeness (QED) is 0.674. The molecule has 0 atom stereocenters. The van der Waals surface area contributed by atoms with E-state index in [2.05, 4.69) is 15.3 Å². The van der Waals surface area contributed by atoms with E-state index in [1.807, 2.05) is 6.07 Å². The molecular formula is C12H10Cl2N4O. The molecule has 2 aromatic rings. The zero-order valence-corrected chi connectivity index (χ0v) is 11.2. The van der Waals surface area contributed by atoms with Gasteiger partial charge in [-0.2, -0.15) is 0 Å². The summed E-state index contributed by atoms with van der Waals surface area (Å²) in [6.45, 7) is 0. The van der Waals surface area contributed by atoms with Gasteiger partial charge in [-0.3, -0.25) is 4.79 Å². The van der Waals surface area contributed by atoms with E-state index in [9.17, 15) is 4.79 Å². The number of nitrogen functional groups attached to an aromatic ring is 1. The Balaban J connectivity index is 2.08. The number of hydrogen-bond donors (Lipinski definition) is 2. The average molecular weight is 297 g/mol. The number of nitrogens with one attached hydrogen (secondary N) is 1. The largest absolute Gasteiger partial charge is 0.399 e. The third kappa shape index (κ3) is 3.56. The Labute approximate surface area is 119 Å². The normalized spacial score (nSPS) is 10.2. The standard InChI is InChI=1S/C12H10Cl2N4O/c13-10-11(14)16-6-17-12(10)18-9(19)5-7-2-1-3-8(15)4-7/h1-4,6H,5,15H2,(H,16,17,18,19). The van der Waals surface area contributed by atoms with Gasteiger partial charge in [-0.1, -0.05) is 35.3 Å². The van der Waals surface area contributed by atoms with Gasteiger partial charge in [0.1, 0.15) is 11.3 Å². The number of nitrogens with zero attached hydrogens (tertiary/aromatic N) is 2. The van der Waals surface area contributed by atoms with Crippen molar-refractivity contribution in [2.75, 3.05) is 11.1 Å². The number of halogens is 2. The summed E-state index contributed by atoms with van der Waals surface area (Å²) in [6, 6.07) is 7.08. The van der Waals surface area contributed by atoms with E-state index in [1.54, 1.807) is 18.2 Å². The van der Waals surface area contributed by atoms with Crippen LogP contribution in [0.25, 0.3) is 0 Å². The van der Waals surface area contributed by atoms with E-state index in [1.165, 1.54) is 6.33 Å². The Morgan fingerprint density at radius 3 is 2.84 bits per heavy atom. The van der Waals surface area contributed by atoms with Crippen LogP contribution in [0.2, 0.25) is 10.2 Å². The second-order valence-electron chi connectivity index (χ2n) is 3.80. The number of aromatic nitrogens is 2. The van der Waals surface area contributed by atoms with Crippen molar-refractivity contribution < 1.29 is 4.79 Å². The van der Waals surface area contributed by atoms with Gasteiger partial charge in [0.25, 0.3) is 0 Å². The fourth-order valence-corrected chi connectivity index (χ4v) is 1.78. The number of hydrogen-bond acceptors (Lipinski definition) is 4. The highest BCUT2D eigenvalue weighted by Crippen LogP contribution is 2.25. The summed E-state index contributed by atoms with van der Waals surface area (Å²) in [6.07, 6.45) is 1.40. The number of amides is 1. The molecule has 1 aromatic heterocycles. The summed E-state index contributed by atoms with van der Waals surface area (Å²) in [7, 11) is 0. The highest BCUT2D eigenvalue weighted by atomic mass is 35.5. The first-order chi connectivity index (χ1) is 9.06. The molecule has 0 aliphatic carbocycles. The van der Waals surface area contributed by atoms with E-state index in [0.717, 1.165) is 5.56 Å². The second-order valence-corrected chi connectivity index (χ2v) is 4.53. The molecule has 98 valence electrons. The van der Waals surface area contributed by atoms with Crippen molar-refractivity contribution in [3.05, 3.63) is 46.3 Å². The maximum absolute atomic E-state index is 11.8. The highest BCUT2D eigenvalue weighted by Gasteiger charge is 2.11. The van der Waals surface area contributed by atoms with Crippen molar-refractivity contribution in [3.63, 3.8) is 0 Å². The molecule has 7 heteroatoms. The topological polar surface area (TPSA) is 80.9 Å². The number of rotatable bonds is 3. The number of benzene rings is 1. The molecule has 1 amide bonds. The van der Waals surface area contributed by atoms with Crippen molar-refractivity contribution in [3.8, 4) is 0 Å². The number of nitrogens with two attached hydrogens (primary N) is 1. The van der Waals surface area contributed by atoms with E-state index in [-0.39, 0.29) is 28.3 Å². The van der Waals surface area contributed by atoms with Gasteiger partial charge in [0.05, 0.1) is 6.42 Å². The van der Waals surface area contributed by atoms with Crippen molar-refractivity contribution in [1.29, 1.82) is 0 Å². The maximum Gasteiger partial charge on any atom is 0.229 e. The van der Waals surface area contributed by atoms with Crippen LogP contribution in [-0.4, -0.2) is 15.9 Å². The predicted octanol–water partition coefficient (Wildman–Crippen LogP) is 2.55. The molecule has 1 heterocycles. The molecule has 3 N–H and O–H groups in total. The molecule has 0 bridgehead atoms. The van der Waals surface area contributed by atoms with Gasteiger partial charge in [-0.15, -0.1) is 0 Å². The minimum Gasteiger partial charge on any atom is -0.399 e. The van der Waals surface area contributed by atoms with Crippen molar-refractivity contribution in [2.45, 2.75) is 6.42 Å². The fraction of sp³-hybridized carbons (Fsp3) is 0.0833. The van der Waals surface area contributed by atoms with Crippen LogP contribution in [0.1, 0.15) is 5.56 Å². The van der Waals surface area contributed by atoms with Crippen LogP contribution in [0.3, 0.4) is 0 Å². The minimum atomic E-state index is -0.262. The number of carbonyl (C=O) groups is 1. The zero-order chi connectivity index (χ0) is 13.8. The zero-order valence-electron chi connectivity index (χ0n) is 9.73. The smallest absolute Gasteiger partial charge is 0.229 e. The molecule has 2 rings (SSSR count). The number of anilines is 2. The molecular weight excluding hydrogens is 287 g/mol. The van der Waals surface area contributed by atoms with Crippen LogP contribution in [0.15, 0.2) is 30.6 Å². The van der Waals surface area contributed by atoms with Crippen LogP contribution in [-0.2, 0) is 11.2 Å². The Hall–Kier alpha value is -1.85. The lowest BCUT2D eigenvalue weighted by atomic mass is 10.1. The molecule has 0 fully saturated rings. The van der Waals surface area contributed by atoms with E-state index in [4.69, 9.17) is 28.9 Å². The molecule has 0 saturated carbocycles. The summed E-state index contributed by atoms with van der Waals surface area (Å²) in [5.74, 6) is -0.0714. The molecule has 0 spiro atoms. The summed E-state index contributed by atoms with van der Waals surface area (Å²) in [5.41, 5.74) is 7.04. The van der Waals surface area contributed by atoms with Crippen LogP contribution < -0.4 is 11.1 Å². The van der Waals surface area contributed by atoms with Crippen LogP contribution in [0.5, 0.6) is 0 Å². The second kappa shape index (κ2) is 5.86.